The van der Waals surface area contributed by atoms with E-state index in [4.69, 9.17) is 0 Å². The second-order valence-corrected chi connectivity index (χ2v) is 5.42. The van der Waals surface area contributed by atoms with Crippen LogP contribution in [0.2, 0.25) is 0 Å². The van der Waals surface area contributed by atoms with Gasteiger partial charge in [0.1, 0.15) is 0 Å². The molecule has 0 amide bonds. The molecular formula is C14H24F3N. The van der Waals surface area contributed by atoms with Crippen molar-refractivity contribution < 1.29 is 13.2 Å². The monoisotopic (exact) mass is 263 g/mol. The van der Waals surface area contributed by atoms with Crippen molar-refractivity contribution in [2.75, 3.05) is 6.54 Å². The van der Waals surface area contributed by atoms with Crippen LogP contribution in [0.25, 0.3) is 0 Å². The van der Waals surface area contributed by atoms with Gasteiger partial charge in [0.05, 0.1) is 5.92 Å². The molecule has 18 heavy (non-hydrogen) atoms. The van der Waals surface area contributed by atoms with Gasteiger partial charge >= 0.3 is 6.18 Å². The third kappa shape index (κ3) is 4.30. The molecule has 1 rings (SSSR count). The topological polar surface area (TPSA) is 12.0 Å². The van der Waals surface area contributed by atoms with Crippen LogP contribution in [-0.4, -0.2) is 18.8 Å². The van der Waals surface area contributed by atoms with Gasteiger partial charge in [-0.15, -0.1) is 0 Å². The Morgan fingerprint density at radius 1 is 1.28 bits per heavy atom. The smallest absolute Gasteiger partial charge is 0.310 e. The van der Waals surface area contributed by atoms with Crippen molar-refractivity contribution in [1.29, 1.82) is 0 Å². The average molecular weight is 263 g/mol. The number of hydrogen-bond acceptors (Lipinski definition) is 1. The lowest BCUT2D eigenvalue weighted by Gasteiger charge is -2.37. The maximum Gasteiger partial charge on any atom is 0.392 e. The molecule has 1 fully saturated rings. The summed E-state index contributed by atoms with van der Waals surface area (Å²) in [4.78, 5) is 0. The van der Waals surface area contributed by atoms with Gasteiger partial charge in [0.25, 0.3) is 0 Å². The molecule has 1 aliphatic carbocycles. The molecule has 4 heteroatoms. The first-order valence-corrected chi connectivity index (χ1v) is 6.81. The van der Waals surface area contributed by atoms with E-state index in [1.807, 2.05) is 26.8 Å². The van der Waals surface area contributed by atoms with E-state index in [1.165, 1.54) is 0 Å². The fourth-order valence-electron chi connectivity index (χ4n) is 2.92. The van der Waals surface area contributed by atoms with Gasteiger partial charge in [-0.1, -0.05) is 31.4 Å². The van der Waals surface area contributed by atoms with Crippen molar-refractivity contribution in [2.24, 2.45) is 11.8 Å². The maximum atomic E-state index is 13.1. The van der Waals surface area contributed by atoms with E-state index in [0.29, 0.717) is 19.4 Å². The lowest BCUT2D eigenvalue weighted by molar-refractivity contribution is -0.198. The fourth-order valence-corrected chi connectivity index (χ4v) is 2.92. The van der Waals surface area contributed by atoms with Crippen LogP contribution in [0.5, 0.6) is 0 Å². The van der Waals surface area contributed by atoms with Gasteiger partial charge in [0.15, 0.2) is 0 Å². The van der Waals surface area contributed by atoms with Gasteiger partial charge in [-0.3, -0.25) is 0 Å². The van der Waals surface area contributed by atoms with Gasteiger partial charge in [-0.05, 0) is 39.2 Å². The van der Waals surface area contributed by atoms with Crippen molar-refractivity contribution in [1.82, 2.24) is 5.32 Å². The standard InChI is InChI=1S/C14H24F3N/c1-4-18-13(9-10(2)3)11-7-5-6-8-12(11)14(15,16)17/h9,11-13,18H,4-8H2,1-3H3. The molecule has 3 atom stereocenters. The molecule has 1 aliphatic rings. The molecule has 0 aromatic rings. The van der Waals surface area contributed by atoms with Crippen LogP contribution >= 0.6 is 0 Å². The third-order valence-corrected chi connectivity index (χ3v) is 3.65. The van der Waals surface area contributed by atoms with Crippen LogP contribution in [0.1, 0.15) is 46.5 Å². The average Bonchev–Trinajstić information content (AvgIpc) is 2.27. The first-order chi connectivity index (χ1) is 8.36. The van der Waals surface area contributed by atoms with Gasteiger partial charge in [-0.25, -0.2) is 0 Å². The molecule has 1 nitrogen and oxygen atoms in total. The normalized spacial score (nSPS) is 26.8. The minimum atomic E-state index is -4.06. The highest BCUT2D eigenvalue weighted by molar-refractivity contribution is 5.05. The van der Waals surface area contributed by atoms with E-state index in [1.54, 1.807) is 0 Å². The van der Waals surface area contributed by atoms with Crippen molar-refractivity contribution in [3.05, 3.63) is 11.6 Å². The maximum absolute atomic E-state index is 13.1. The Kier molecular flexibility index (Phi) is 5.70. The van der Waals surface area contributed by atoms with Crippen molar-refractivity contribution in [2.45, 2.75) is 58.7 Å². The van der Waals surface area contributed by atoms with Crippen LogP contribution in [0.3, 0.4) is 0 Å². The van der Waals surface area contributed by atoms with Gasteiger partial charge in [0, 0.05) is 6.04 Å². The first-order valence-electron chi connectivity index (χ1n) is 6.81. The molecule has 0 aromatic heterocycles. The number of alkyl halides is 3. The quantitative estimate of drug-likeness (QED) is 0.746. The second kappa shape index (κ2) is 6.60. The Morgan fingerprint density at radius 2 is 1.89 bits per heavy atom. The number of likely N-dealkylation sites (N-methyl/N-ethyl adjacent to an activating group) is 1. The molecule has 106 valence electrons. The highest BCUT2D eigenvalue weighted by Gasteiger charge is 2.47. The van der Waals surface area contributed by atoms with Crippen LogP contribution in [0, 0.1) is 11.8 Å². The minimum absolute atomic E-state index is 0.146. The largest absolute Gasteiger partial charge is 0.392 e. The predicted molar refractivity (Wildman–Crippen MR) is 68.4 cm³/mol. The van der Waals surface area contributed by atoms with Crippen molar-refractivity contribution in [3.63, 3.8) is 0 Å². The molecule has 0 bridgehead atoms. The molecule has 0 heterocycles. The second-order valence-electron chi connectivity index (χ2n) is 5.42. The van der Waals surface area contributed by atoms with E-state index in [9.17, 15) is 13.2 Å². The molecule has 0 spiro atoms. The van der Waals surface area contributed by atoms with E-state index in [2.05, 4.69) is 5.32 Å². The molecular weight excluding hydrogens is 239 g/mol. The van der Waals surface area contributed by atoms with E-state index >= 15 is 0 Å². The summed E-state index contributed by atoms with van der Waals surface area (Å²) in [6.07, 6.45) is 0.467. The molecule has 1 N–H and O–H groups in total. The molecule has 0 aliphatic heterocycles. The van der Waals surface area contributed by atoms with Crippen LogP contribution in [0.15, 0.2) is 11.6 Å². The highest BCUT2D eigenvalue weighted by atomic mass is 19.4. The zero-order valence-electron chi connectivity index (χ0n) is 11.5. The lowest BCUT2D eigenvalue weighted by Crippen LogP contribution is -2.44. The Labute approximate surface area is 108 Å². The van der Waals surface area contributed by atoms with Crippen molar-refractivity contribution in [3.8, 4) is 0 Å². The summed E-state index contributed by atoms with van der Waals surface area (Å²) in [5.74, 6) is -1.46. The Bertz CT molecular complexity index is 279. The van der Waals surface area contributed by atoms with E-state index in [-0.39, 0.29) is 18.4 Å². The summed E-state index contributed by atoms with van der Waals surface area (Å²) in [6.45, 7) is 6.53. The summed E-state index contributed by atoms with van der Waals surface area (Å²) in [5.41, 5.74) is 1.08. The zero-order valence-corrected chi connectivity index (χ0v) is 11.5. The highest BCUT2D eigenvalue weighted by Crippen LogP contribution is 2.43. The number of halogens is 3. The SMILES string of the molecule is CCNC(C=C(C)C)C1CCCCC1C(F)(F)F. The minimum Gasteiger partial charge on any atom is -0.310 e. The molecule has 0 saturated heterocycles. The Balaban J connectivity index is 2.88. The summed E-state index contributed by atoms with van der Waals surface area (Å²) >= 11 is 0. The fraction of sp³-hybridized carbons (Fsp3) is 0.857. The summed E-state index contributed by atoms with van der Waals surface area (Å²) in [7, 11) is 0. The molecule has 0 aromatic carbocycles. The summed E-state index contributed by atoms with van der Waals surface area (Å²) in [6, 6.07) is -0.146. The van der Waals surface area contributed by atoms with Crippen molar-refractivity contribution >= 4 is 0 Å². The number of nitrogens with one attached hydrogen (secondary N) is 1. The van der Waals surface area contributed by atoms with Crippen LogP contribution in [0.4, 0.5) is 13.2 Å². The van der Waals surface area contributed by atoms with Crippen LogP contribution < -0.4 is 5.32 Å². The third-order valence-electron chi connectivity index (χ3n) is 3.65. The van der Waals surface area contributed by atoms with Crippen LogP contribution in [-0.2, 0) is 0 Å². The molecule has 1 saturated carbocycles. The zero-order chi connectivity index (χ0) is 13.8. The predicted octanol–water partition coefficient (Wildman–Crippen LogP) is 4.30. The Morgan fingerprint density at radius 3 is 2.39 bits per heavy atom. The number of rotatable bonds is 4. The van der Waals surface area contributed by atoms with E-state index < -0.39 is 12.1 Å². The van der Waals surface area contributed by atoms with Gasteiger partial charge < -0.3 is 5.32 Å². The summed E-state index contributed by atoms with van der Waals surface area (Å²) < 4.78 is 39.2. The van der Waals surface area contributed by atoms with Gasteiger partial charge in [0.2, 0.25) is 0 Å². The lowest BCUT2D eigenvalue weighted by atomic mass is 9.74. The number of allylic oxidation sites excluding steroid dienone is 1. The molecule has 3 unspecified atom stereocenters. The van der Waals surface area contributed by atoms with Gasteiger partial charge in [-0.2, -0.15) is 13.2 Å². The van der Waals surface area contributed by atoms with E-state index in [0.717, 1.165) is 12.0 Å². The number of hydrogen-bond donors (Lipinski definition) is 1. The Hall–Kier alpha value is -0.510. The first kappa shape index (κ1) is 15.5. The summed E-state index contributed by atoms with van der Waals surface area (Å²) in [5, 5.41) is 3.21. The molecule has 0 radical (unpaired) electrons.